The summed E-state index contributed by atoms with van der Waals surface area (Å²) in [7, 11) is 0. The highest BCUT2D eigenvalue weighted by Crippen LogP contribution is 2.47. The number of hydrogen-bond acceptors (Lipinski definition) is 2. The Labute approximate surface area is 87.0 Å². The first-order chi connectivity index (χ1) is 7.20. The van der Waals surface area contributed by atoms with Gasteiger partial charge in [-0.2, -0.15) is 8.78 Å². The van der Waals surface area contributed by atoms with Gasteiger partial charge in [0.25, 0.3) is 0 Å². The summed E-state index contributed by atoms with van der Waals surface area (Å²) < 4.78 is 28.3. The number of nitrogens with two attached hydrogens (primary N) is 1. The summed E-state index contributed by atoms with van der Waals surface area (Å²) >= 11 is 0. The Balaban J connectivity index is 2.06. The van der Waals surface area contributed by atoms with Crippen molar-refractivity contribution in [2.24, 2.45) is 11.7 Å². The zero-order valence-corrected chi connectivity index (χ0v) is 8.20. The fourth-order valence-electron chi connectivity index (χ4n) is 1.84. The van der Waals surface area contributed by atoms with Gasteiger partial charge < -0.3 is 10.5 Å². The van der Waals surface area contributed by atoms with Gasteiger partial charge in [-0.25, -0.2) is 0 Å². The highest BCUT2D eigenvalue weighted by atomic mass is 19.3. The van der Waals surface area contributed by atoms with Gasteiger partial charge in [0.1, 0.15) is 5.75 Å². The summed E-state index contributed by atoms with van der Waals surface area (Å²) in [4.78, 5) is 0. The molecule has 0 saturated heterocycles. The Kier molecular flexibility index (Phi) is 2.86. The topological polar surface area (TPSA) is 35.2 Å². The van der Waals surface area contributed by atoms with Crippen molar-refractivity contribution in [3.63, 3.8) is 0 Å². The lowest BCUT2D eigenvalue weighted by Gasteiger charge is -2.06. The summed E-state index contributed by atoms with van der Waals surface area (Å²) in [5, 5.41) is 0. The zero-order chi connectivity index (χ0) is 10.8. The maximum atomic E-state index is 12.0. The van der Waals surface area contributed by atoms with Crippen molar-refractivity contribution in [2.75, 3.05) is 6.54 Å². The highest BCUT2D eigenvalue weighted by Gasteiger charge is 2.36. The van der Waals surface area contributed by atoms with Crippen LogP contribution in [0.3, 0.4) is 0 Å². The van der Waals surface area contributed by atoms with E-state index in [2.05, 4.69) is 4.74 Å². The van der Waals surface area contributed by atoms with Crippen LogP contribution in [0.5, 0.6) is 5.75 Å². The van der Waals surface area contributed by atoms with Gasteiger partial charge in [-0.05, 0) is 42.5 Å². The Bertz CT molecular complexity index is 343. The van der Waals surface area contributed by atoms with E-state index in [1.807, 2.05) is 6.07 Å². The zero-order valence-electron chi connectivity index (χ0n) is 8.20. The maximum absolute atomic E-state index is 12.0. The fourth-order valence-corrected chi connectivity index (χ4v) is 1.84. The summed E-state index contributed by atoms with van der Waals surface area (Å²) in [5.41, 5.74) is 6.57. The third-order valence-electron chi connectivity index (χ3n) is 2.74. The van der Waals surface area contributed by atoms with E-state index in [9.17, 15) is 8.78 Å². The van der Waals surface area contributed by atoms with Gasteiger partial charge in [0.2, 0.25) is 0 Å². The predicted octanol–water partition coefficient (Wildman–Crippen LogP) is 2.35. The van der Waals surface area contributed by atoms with Crippen LogP contribution in [0.4, 0.5) is 8.78 Å². The van der Waals surface area contributed by atoms with Gasteiger partial charge in [0.15, 0.2) is 0 Å². The van der Waals surface area contributed by atoms with Gasteiger partial charge in [-0.1, -0.05) is 12.1 Å². The first-order valence-corrected chi connectivity index (χ1v) is 4.95. The van der Waals surface area contributed by atoms with Crippen molar-refractivity contribution in [3.8, 4) is 5.75 Å². The molecule has 2 nitrogen and oxygen atoms in total. The monoisotopic (exact) mass is 213 g/mol. The Hall–Kier alpha value is -1.16. The average molecular weight is 213 g/mol. The molecule has 0 heterocycles. The van der Waals surface area contributed by atoms with E-state index in [0.29, 0.717) is 18.4 Å². The molecule has 4 heteroatoms. The molecular formula is C11H13F2NO. The molecule has 82 valence electrons. The molecule has 0 radical (unpaired) electrons. The maximum Gasteiger partial charge on any atom is 0.387 e. The van der Waals surface area contributed by atoms with Crippen LogP contribution in [0.15, 0.2) is 24.3 Å². The van der Waals surface area contributed by atoms with E-state index < -0.39 is 6.61 Å². The predicted molar refractivity (Wildman–Crippen MR) is 53.0 cm³/mol. The van der Waals surface area contributed by atoms with Crippen molar-refractivity contribution < 1.29 is 13.5 Å². The molecule has 1 aliphatic rings. The van der Waals surface area contributed by atoms with E-state index in [0.717, 1.165) is 12.0 Å². The second-order valence-electron chi connectivity index (χ2n) is 3.79. The van der Waals surface area contributed by atoms with E-state index in [-0.39, 0.29) is 5.75 Å². The van der Waals surface area contributed by atoms with E-state index in [1.165, 1.54) is 6.07 Å². The van der Waals surface area contributed by atoms with Crippen molar-refractivity contribution in [1.82, 2.24) is 0 Å². The van der Waals surface area contributed by atoms with Crippen molar-refractivity contribution in [2.45, 2.75) is 19.0 Å². The van der Waals surface area contributed by atoms with Gasteiger partial charge in [0, 0.05) is 0 Å². The molecule has 2 rings (SSSR count). The lowest BCUT2D eigenvalue weighted by Crippen LogP contribution is -2.03. The minimum atomic E-state index is -2.76. The molecule has 1 aromatic rings. The van der Waals surface area contributed by atoms with Gasteiger partial charge in [0.05, 0.1) is 0 Å². The number of ether oxygens (including phenoxy) is 1. The molecule has 0 aliphatic heterocycles. The number of halogens is 2. The number of rotatable bonds is 4. The summed E-state index contributed by atoms with van der Waals surface area (Å²) in [6.07, 6.45) is 1.05. The SMILES string of the molecule is NCC1CC1c1cccc(OC(F)F)c1. The lowest BCUT2D eigenvalue weighted by molar-refractivity contribution is -0.0498. The minimum Gasteiger partial charge on any atom is -0.435 e. The normalized spacial score (nSPS) is 24.3. The summed E-state index contributed by atoms with van der Waals surface area (Å²) in [5.74, 6) is 1.16. The minimum absolute atomic E-state index is 0.227. The third kappa shape index (κ3) is 2.45. The van der Waals surface area contributed by atoms with E-state index >= 15 is 0 Å². The molecule has 0 aromatic heterocycles. The lowest BCUT2D eigenvalue weighted by atomic mass is 10.1. The molecule has 1 fully saturated rings. The van der Waals surface area contributed by atoms with Gasteiger partial charge in [-0.3, -0.25) is 0 Å². The molecule has 1 saturated carbocycles. The van der Waals surface area contributed by atoms with Crippen LogP contribution in [0.1, 0.15) is 17.9 Å². The van der Waals surface area contributed by atoms with Crippen molar-refractivity contribution >= 4 is 0 Å². The van der Waals surface area contributed by atoms with Crippen molar-refractivity contribution in [1.29, 1.82) is 0 Å². The largest absolute Gasteiger partial charge is 0.435 e. The molecule has 1 aliphatic carbocycles. The molecule has 1 aromatic carbocycles. The van der Waals surface area contributed by atoms with E-state index in [1.54, 1.807) is 12.1 Å². The molecule has 2 atom stereocenters. The van der Waals surface area contributed by atoms with Gasteiger partial charge >= 0.3 is 6.61 Å². The van der Waals surface area contributed by atoms with Crippen LogP contribution < -0.4 is 10.5 Å². The molecule has 0 spiro atoms. The molecule has 2 unspecified atom stereocenters. The number of alkyl halides is 2. The van der Waals surface area contributed by atoms with Crippen LogP contribution in [-0.4, -0.2) is 13.2 Å². The second kappa shape index (κ2) is 4.14. The highest BCUT2D eigenvalue weighted by molar-refractivity contribution is 5.34. The summed E-state index contributed by atoms with van der Waals surface area (Å²) in [6.45, 7) is -2.10. The molecule has 0 amide bonds. The van der Waals surface area contributed by atoms with Crippen LogP contribution in [0, 0.1) is 5.92 Å². The molecule has 0 bridgehead atoms. The summed E-state index contributed by atoms with van der Waals surface area (Å²) in [6, 6.07) is 6.87. The molecule has 15 heavy (non-hydrogen) atoms. The Morgan fingerprint density at radius 3 is 2.87 bits per heavy atom. The van der Waals surface area contributed by atoms with Gasteiger partial charge in [-0.15, -0.1) is 0 Å². The van der Waals surface area contributed by atoms with Crippen LogP contribution in [0.25, 0.3) is 0 Å². The number of hydrogen-bond donors (Lipinski definition) is 1. The molecular weight excluding hydrogens is 200 g/mol. The quantitative estimate of drug-likeness (QED) is 0.833. The smallest absolute Gasteiger partial charge is 0.387 e. The fraction of sp³-hybridized carbons (Fsp3) is 0.455. The third-order valence-corrected chi connectivity index (χ3v) is 2.74. The van der Waals surface area contributed by atoms with E-state index in [4.69, 9.17) is 5.73 Å². The second-order valence-corrected chi connectivity index (χ2v) is 3.79. The molecule has 2 N–H and O–H groups in total. The first-order valence-electron chi connectivity index (χ1n) is 4.95. The first kappa shape index (κ1) is 10.4. The number of benzene rings is 1. The Morgan fingerprint density at radius 2 is 2.27 bits per heavy atom. The van der Waals surface area contributed by atoms with Crippen LogP contribution >= 0.6 is 0 Å². The van der Waals surface area contributed by atoms with Crippen LogP contribution in [0.2, 0.25) is 0 Å². The van der Waals surface area contributed by atoms with Crippen LogP contribution in [-0.2, 0) is 0 Å². The van der Waals surface area contributed by atoms with Crippen molar-refractivity contribution in [3.05, 3.63) is 29.8 Å². The standard InChI is InChI=1S/C11H13F2NO/c12-11(13)15-9-3-1-2-7(4-9)10-5-8(10)6-14/h1-4,8,10-11H,5-6,14H2. The average Bonchev–Trinajstić information content (AvgIpc) is 2.96. The Morgan fingerprint density at radius 1 is 1.47 bits per heavy atom.